The average molecular weight is 207 g/mol. The molecule has 0 aliphatic heterocycles. The van der Waals surface area contributed by atoms with Gasteiger partial charge in [0.15, 0.2) is 0 Å². The first kappa shape index (κ1) is 11.5. The number of benzene rings is 1. The fraction of sp³-hybridized carbons (Fsp3) is 0.364. The Morgan fingerprint density at radius 3 is 2.53 bits per heavy atom. The Hall–Kier alpha value is -1.55. The molecule has 0 fully saturated rings. The summed E-state index contributed by atoms with van der Waals surface area (Å²) in [6.07, 6.45) is 1.71. The summed E-state index contributed by atoms with van der Waals surface area (Å²) < 4.78 is 1.77. The molecule has 0 radical (unpaired) electrons. The van der Waals surface area contributed by atoms with Gasteiger partial charge in [0, 0.05) is 12.8 Å². The van der Waals surface area contributed by atoms with E-state index < -0.39 is 0 Å². The van der Waals surface area contributed by atoms with Crippen LogP contribution in [0.15, 0.2) is 30.3 Å². The average Bonchev–Trinajstić information content (AvgIpc) is 2.31. The molecule has 0 saturated carbocycles. The zero-order chi connectivity index (χ0) is 11.1. The van der Waals surface area contributed by atoms with Gasteiger partial charge in [0.05, 0.1) is 0 Å². The number of rotatable bonds is 5. The van der Waals surface area contributed by atoms with Crippen molar-refractivity contribution in [3.05, 3.63) is 35.9 Å². The first-order valence-electron chi connectivity index (χ1n) is 5.17. The summed E-state index contributed by atoms with van der Waals surface area (Å²) in [7, 11) is 0. The second kappa shape index (κ2) is 6.03. The normalized spacial score (nSPS) is 12.1. The Morgan fingerprint density at radius 2 is 2.00 bits per heavy atom. The quantitative estimate of drug-likeness (QED) is 0.215. The van der Waals surface area contributed by atoms with E-state index in [0.29, 0.717) is 0 Å². The maximum atomic E-state index is 5.79. The van der Waals surface area contributed by atoms with Gasteiger partial charge < -0.3 is 0 Å². The van der Waals surface area contributed by atoms with Gasteiger partial charge >= 0.3 is 0 Å². The molecule has 0 spiro atoms. The van der Waals surface area contributed by atoms with Crippen molar-refractivity contribution in [3.8, 4) is 0 Å². The molecule has 0 bridgehead atoms. The molecule has 0 aliphatic rings. The second-order valence-electron chi connectivity index (χ2n) is 3.36. The standard InChI is InChI=1S/C11H18N4/c1-2-11(12)15(14-13)9-8-10-6-4-3-5-7-10/h3-7,12,14H,2,8-9,13H2,1H3/p+1. The zero-order valence-corrected chi connectivity index (χ0v) is 9.11. The Bertz CT molecular complexity index is 319. The van der Waals surface area contributed by atoms with E-state index in [-0.39, 0.29) is 0 Å². The molecular weight excluding hydrogens is 188 g/mol. The van der Waals surface area contributed by atoms with Gasteiger partial charge in [0.2, 0.25) is 0 Å². The number of amidine groups is 1. The molecule has 5 N–H and O–H groups in total. The van der Waals surface area contributed by atoms with Crippen molar-refractivity contribution in [3.63, 3.8) is 0 Å². The number of hydrazone groups is 1. The van der Waals surface area contributed by atoms with E-state index in [1.807, 2.05) is 25.1 Å². The van der Waals surface area contributed by atoms with Crippen LogP contribution >= 0.6 is 0 Å². The van der Waals surface area contributed by atoms with Crippen LogP contribution in [0.4, 0.5) is 0 Å². The third kappa shape index (κ3) is 3.59. The summed E-state index contributed by atoms with van der Waals surface area (Å²) in [6, 6.07) is 10.3. The molecule has 4 heteroatoms. The van der Waals surface area contributed by atoms with Crippen LogP contribution in [-0.2, 0) is 6.42 Å². The predicted molar refractivity (Wildman–Crippen MR) is 62.1 cm³/mol. The molecule has 1 aromatic carbocycles. The Kier molecular flexibility index (Phi) is 4.63. The van der Waals surface area contributed by atoms with Crippen LogP contribution in [0.5, 0.6) is 0 Å². The smallest absolute Gasteiger partial charge is 0.266 e. The van der Waals surface area contributed by atoms with Crippen LogP contribution in [0.1, 0.15) is 18.9 Å². The number of nitrogens with zero attached hydrogens (tertiary/aromatic N) is 1. The molecule has 1 rings (SSSR count). The molecule has 15 heavy (non-hydrogen) atoms. The van der Waals surface area contributed by atoms with E-state index in [0.717, 1.165) is 25.2 Å². The lowest BCUT2D eigenvalue weighted by Gasteiger charge is -2.07. The largest absolute Gasteiger partial charge is 0.289 e. The molecule has 0 aromatic heterocycles. The van der Waals surface area contributed by atoms with Gasteiger partial charge in [-0.05, 0) is 5.56 Å². The SMILES string of the molecule is CC/C(N)=[N+](\CCc1ccccc1)NN. The fourth-order valence-corrected chi connectivity index (χ4v) is 1.37. The van der Waals surface area contributed by atoms with E-state index >= 15 is 0 Å². The van der Waals surface area contributed by atoms with Crippen molar-refractivity contribution >= 4 is 5.84 Å². The number of hydrogen-bond donors (Lipinski definition) is 3. The molecule has 0 saturated heterocycles. The van der Waals surface area contributed by atoms with Crippen molar-refractivity contribution in [1.82, 2.24) is 5.53 Å². The van der Waals surface area contributed by atoms with E-state index in [1.54, 1.807) is 4.68 Å². The third-order valence-electron chi connectivity index (χ3n) is 2.33. The van der Waals surface area contributed by atoms with Gasteiger partial charge in [0.25, 0.3) is 5.84 Å². The molecule has 0 atom stereocenters. The van der Waals surface area contributed by atoms with E-state index in [4.69, 9.17) is 11.6 Å². The maximum Gasteiger partial charge on any atom is 0.266 e. The number of nitrogens with two attached hydrogens (primary N) is 2. The van der Waals surface area contributed by atoms with Crippen LogP contribution in [0, 0.1) is 0 Å². The topological polar surface area (TPSA) is 67.1 Å². The molecule has 0 heterocycles. The zero-order valence-electron chi connectivity index (χ0n) is 9.11. The van der Waals surface area contributed by atoms with Gasteiger partial charge in [-0.1, -0.05) is 37.3 Å². The Balaban J connectivity index is 2.56. The Morgan fingerprint density at radius 1 is 1.33 bits per heavy atom. The molecule has 0 unspecified atom stereocenters. The highest BCUT2D eigenvalue weighted by Gasteiger charge is 2.05. The minimum atomic E-state index is 0.758. The van der Waals surface area contributed by atoms with E-state index in [2.05, 4.69) is 17.7 Å². The van der Waals surface area contributed by atoms with Gasteiger partial charge in [-0.2, -0.15) is 10.2 Å². The van der Waals surface area contributed by atoms with Crippen LogP contribution in [0.3, 0.4) is 0 Å². The van der Waals surface area contributed by atoms with Crippen LogP contribution in [0.2, 0.25) is 0 Å². The third-order valence-corrected chi connectivity index (χ3v) is 2.33. The molecule has 0 aliphatic carbocycles. The summed E-state index contributed by atoms with van der Waals surface area (Å²) in [5.74, 6) is 6.15. The minimum Gasteiger partial charge on any atom is -0.289 e. The molecular formula is C11H19N4+. The molecule has 4 nitrogen and oxygen atoms in total. The highest BCUT2D eigenvalue weighted by Crippen LogP contribution is 1.98. The van der Waals surface area contributed by atoms with Crippen LogP contribution in [-0.4, -0.2) is 17.1 Å². The summed E-state index contributed by atoms with van der Waals surface area (Å²) in [6.45, 7) is 2.78. The predicted octanol–water partition coefficient (Wildman–Crippen LogP) is 0.387. The van der Waals surface area contributed by atoms with Crippen molar-refractivity contribution in [1.29, 1.82) is 0 Å². The maximum absolute atomic E-state index is 5.79. The lowest BCUT2D eigenvalue weighted by Crippen LogP contribution is -2.43. The van der Waals surface area contributed by atoms with Crippen LogP contribution in [0.25, 0.3) is 0 Å². The van der Waals surface area contributed by atoms with E-state index in [1.165, 1.54) is 5.56 Å². The number of nitrogens with one attached hydrogen (secondary N) is 1. The van der Waals surface area contributed by atoms with Gasteiger partial charge in [-0.3, -0.25) is 5.73 Å². The monoisotopic (exact) mass is 207 g/mol. The lowest BCUT2D eigenvalue weighted by molar-refractivity contribution is -0.590. The first-order valence-corrected chi connectivity index (χ1v) is 5.17. The first-order chi connectivity index (χ1) is 7.27. The minimum absolute atomic E-state index is 0.758. The summed E-state index contributed by atoms with van der Waals surface area (Å²) >= 11 is 0. The Labute approximate surface area is 90.5 Å². The van der Waals surface area contributed by atoms with Gasteiger partial charge in [0.1, 0.15) is 6.54 Å². The number of hydrazine groups is 2. The number of hydrogen-bond acceptors (Lipinski definition) is 2. The highest BCUT2D eigenvalue weighted by atomic mass is 15.6. The van der Waals surface area contributed by atoms with Crippen molar-refractivity contribution in [2.45, 2.75) is 19.8 Å². The van der Waals surface area contributed by atoms with E-state index in [9.17, 15) is 0 Å². The summed E-state index contributed by atoms with van der Waals surface area (Å²) in [5.41, 5.74) is 9.67. The second-order valence-corrected chi connectivity index (χ2v) is 3.36. The van der Waals surface area contributed by atoms with Crippen molar-refractivity contribution in [2.75, 3.05) is 6.54 Å². The highest BCUT2D eigenvalue weighted by molar-refractivity contribution is 5.74. The molecule has 1 aromatic rings. The molecule has 0 amide bonds. The van der Waals surface area contributed by atoms with Crippen molar-refractivity contribution in [2.24, 2.45) is 11.6 Å². The lowest BCUT2D eigenvalue weighted by atomic mass is 10.1. The van der Waals surface area contributed by atoms with Crippen molar-refractivity contribution < 1.29 is 4.68 Å². The van der Waals surface area contributed by atoms with Gasteiger partial charge in [-0.15, -0.1) is 0 Å². The molecule has 82 valence electrons. The summed E-state index contributed by atoms with van der Waals surface area (Å²) in [4.78, 5) is 0. The van der Waals surface area contributed by atoms with Gasteiger partial charge in [-0.25, -0.2) is 5.84 Å². The summed E-state index contributed by atoms with van der Waals surface area (Å²) in [5, 5.41) is 0. The fourth-order valence-electron chi connectivity index (χ4n) is 1.37. The van der Waals surface area contributed by atoms with Crippen LogP contribution < -0.4 is 17.1 Å².